The summed E-state index contributed by atoms with van der Waals surface area (Å²) in [4.78, 5) is 5.27. The van der Waals surface area contributed by atoms with E-state index in [1.807, 2.05) is 0 Å². The summed E-state index contributed by atoms with van der Waals surface area (Å²) < 4.78 is 0. The minimum Gasteiger partial charge on any atom is -0.299 e. The first-order valence-electron chi connectivity index (χ1n) is 7.79. The van der Waals surface area contributed by atoms with Crippen LogP contribution in [0.5, 0.6) is 0 Å². The molecule has 0 amide bonds. The van der Waals surface area contributed by atoms with Crippen LogP contribution >= 0.6 is 0 Å². The van der Waals surface area contributed by atoms with Crippen molar-refractivity contribution in [2.75, 3.05) is 32.7 Å². The van der Waals surface area contributed by atoms with E-state index in [2.05, 4.69) is 15.2 Å². The van der Waals surface area contributed by atoms with E-state index >= 15 is 0 Å². The molecule has 0 spiro atoms. The van der Waals surface area contributed by atoms with Crippen LogP contribution in [0.25, 0.3) is 0 Å². The third kappa shape index (κ3) is 2.72. The normalized spacial score (nSPS) is 38.8. The Kier molecular flexibility index (Phi) is 4.19. The summed E-state index contributed by atoms with van der Waals surface area (Å²) in [6.07, 6.45) is 8.44. The molecule has 0 aromatic heterocycles. The molecule has 4 aliphatic rings. The van der Waals surface area contributed by atoms with Gasteiger partial charge in [0.2, 0.25) is 0 Å². The van der Waals surface area contributed by atoms with E-state index in [-0.39, 0.29) is 0 Å². The maximum absolute atomic E-state index is 5.86. The fourth-order valence-electron chi connectivity index (χ4n) is 4.16. The summed E-state index contributed by atoms with van der Waals surface area (Å²) in [5.74, 6) is 6.77. The van der Waals surface area contributed by atoms with Crippen LogP contribution in [0.15, 0.2) is 0 Å². The fraction of sp³-hybridized carbons (Fsp3) is 1.00. The van der Waals surface area contributed by atoms with Crippen molar-refractivity contribution >= 4 is 0 Å². The van der Waals surface area contributed by atoms with Crippen molar-refractivity contribution in [1.29, 1.82) is 0 Å². The van der Waals surface area contributed by atoms with Crippen molar-refractivity contribution in [3.8, 4) is 0 Å². The van der Waals surface area contributed by atoms with Gasteiger partial charge < -0.3 is 0 Å². The quantitative estimate of drug-likeness (QED) is 0.573. The van der Waals surface area contributed by atoms with Crippen LogP contribution in [0.2, 0.25) is 0 Å². The average Bonchev–Trinajstić information content (AvgIpc) is 2.47. The van der Waals surface area contributed by atoms with Gasteiger partial charge in [0.1, 0.15) is 0 Å². The molecule has 4 rings (SSSR count). The number of nitrogens with one attached hydrogen (secondary N) is 1. The number of hydrazine groups is 1. The molecule has 3 N–H and O–H groups in total. The third-order valence-corrected chi connectivity index (χ3v) is 5.31. The van der Waals surface area contributed by atoms with Crippen LogP contribution in [0, 0.1) is 5.92 Å². The number of fused-ring (bicyclic) bond motifs is 3. The molecule has 0 aromatic carbocycles. The van der Waals surface area contributed by atoms with Crippen molar-refractivity contribution in [2.24, 2.45) is 11.8 Å². The van der Waals surface area contributed by atoms with E-state index in [0.29, 0.717) is 12.1 Å². The van der Waals surface area contributed by atoms with Gasteiger partial charge in [-0.15, -0.1) is 0 Å². The molecule has 3 saturated heterocycles. The molecule has 0 radical (unpaired) electrons. The molecule has 3 heterocycles. The standard InChI is InChI=1S/C14H28N4/c15-16-13(10-12-4-2-1-3-5-12)14-11-17-6-8-18(14)9-7-17/h12-14,16H,1-11,15H2. The van der Waals surface area contributed by atoms with Gasteiger partial charge in [0.25, 0.3) is 0 Å². The Balaban J connectivity index is 1.57. The highest BCUT2D eigenvalue weighted by atomic mass is 15.4. The Bertz CT molecular complexity index is 257. The van der Waals surface area contributed by atoms with Crippen molar-refractivity contribution in [1.82, 2.24) is 15.2 Å². The van der Waals surface area contributed by atoms with Gasteiger partial charge in [-0.3, -0.25) is 21.1 Å². The van der Waals surface area contributed by atoms with Gasteiger partial charge in [-0.25, -0.2) is 0 Å². The van der Waals surface area contributed by atoms with E-state index < -0.39 is 0 Å². The lowest BCUT2D eigenvalue weighted by Gasteiger charge is -2.50. The summed E-state index contributed by atoms with van der Waals surface area (Å²) >= 11 is 0. The van der Waals surface area contributed by atoms with Crippen LogP contribution < -0.4 is 11.3 Å². The third-order valence-electron chi connectivity index (χ3n) is 5.31. The SMILES string of the molecule is NNC(CC1CCCCC1)C1CN2CCN1CC2. The minimum absolute atomic E-state index is 0.496. The van der Waals surface area contributed by atoms with E-state index in [9.17, 15) is 0 Å². The van der Waals surface area contributed by atoms with Crippen LogP contribution in [0.3, 0.4) is 0 Å². The minimum atomic E-state index is 0.496. The number of nitrogens with two attached hydrogens (primary N) is 1. The number of rotatable bonds is 4. The fourth-order valence-corrected chi connectivity index (χ4v) is 4.16. The van der Waals surface area contributed by atoms with E-state index in [1.54, 1.807) is 0 Å². The number of hydrogen-bond acceptors (Lipinski definition) is 4. The highest BCUT2D eigenvalue weighted by Crippen LogP contribution is 2.29. The maximum Gasteiger partial charge on any atom is 0.0391 e. The molecule has 104 valence electrons. The molecule has 2 unspecified atom stereocenters. The summed E-state index contributed by atoms with van der Waals surface area (Å²) in [6, 6.07) is 1.15. The molecule has 4 fully saturated rings. The maximum atomic E-state index is 5.86. The molecule has 1 aliphatic carbocycles. The van der Waals surface area contributed by atoms with Gasteiger partial charge in [0.05, 0.1) is 0 Å². The second kappa shape index (κ2) is 5.87. The highest BCUT2D eigenvalue weighted by molar-refractivity contribution is 4.95. The zero-order valence-electron chi connectivity index (χ0n) is 11.5. The Labute approximate surface area is 111 Å². The predicted octanol–water partition coefficient (Wildman–Crippen LogP) is 0.788. The molecular weight excluding hydrogens is 224 g/mol. The first kappa shape index (κ1) is 12.9. The Hall–Kier alpha value is -0.160. The zero-order valence-corrected chi connectivity index (χ0v) is 11.5. The van der Waals surface area contributed by atoms with Gasteiger partial charge >= 0.3 is 0 Å². The Morgan fingerprint density at radius 2 is 1.78 bits per heavy atom. The van der Waals surface area contributed by atoms with Crippen molar-refractivity contribution in [3.63, 3.8) is 0 Å². The molecular formula is C14H28N4. The second-order valence-electron chi connectivity index (χ2n) is 6.42. The lowest BCUT2D eigenvalue weighted by atomic mass is 9.82. The van der Waals surface area contributed by atoms with Crippen LogP contribution in [-0.2, 0) is 0 Å². The molecule has 1 saturated carbocycles. The van der Waals surface area contributed by atoms with E-state index in [4.69, 9.17) is 5.84 Å². The van der Waals surface area contributed by atoms with Crippen LogP contribution in [0.1, 0.15) is 38.5 Å². The smallest absolute Gasteiger partial charge is 0.0391 e. The average molecular weight is 252 g/mol. The molecule has 4 nitrogen and oxygen atoms in total. The predicted molar refractivity (Wildman–Crippen MR) is 74.1 cm³/mol. The van der Waals surface area contributed by atoms with Gasteiger partial charge in [-0.1, -0.05) is 32.1 Å². The number of nitrogens with zero attached hydrogens (tertiary/aromatic N) is 2. The monoisotopic (exact) mass is 252 g/mol. The molecule has 4 heteroatoms. The highest BCUT2D eigenvalue weighted by Gasteiger charge is 2.37. The van der Waals surface area contributed by atoms with Crippen molar-refractivity contribution in [3.05, 3.63) is 0 Å². The molecule has 18 heavy (non-hydrogen) atoms. The van der Waals surface area contributed by atoms with E-state index in [1.165, 1.54) is 71.2 Å². The summed E-state index contributed by atoms with van der Waals surface area (Å²) in [5.41, 5.74) is 3.14. The van der Waals surface area contributed by atoms with Crippen molar-refractivity contribution in [2.45, 2.75) is 50.6 Å². The van der Waals surface area contributed by atoms with Crippen LogP contribution in [0.4, 0.5) is 0 Å². The Morgan fingerprint density at radius 3 is 2.33 bits per heavy atom. The van der Waals surface area contributed by atoms with E-state index in [0.717, 1.165) is 5.92 Å². The van der Waals surface area contributed by atoms with Gasteiger partial charge in [0, 0.05) is 44.8 Å². The lowest BCUT2D eigenvalue weighted by Crippen LogP contribution is -2.67. The summed E-state index contributed by atoms with van der Waals surface area (Å²) in [7, 11) is 0. The largest absolute Gasteiger partial charge is 0.299 e. The number of hydrogen-bond donors (Lipinski definition) is 2. The van der Waals surface area contributed by atoms with Gasteiger partial charge in [-0.2, -0.15) is 0 Å². The Morgan fingerprint density at radius 1 is 1.06 bits per heavy atom. The summed E-state index contributed by atoms with van der Waals surface area (Å²) in [6.45, 7) is 6.23. The molecule has 2 bridgehead atoms. The topological polar surface area (TPSA) is 44.5 Å². The van der Waals surface area contributed by atoms with Gasteiger partial charge in [0.15, 0.2) is 0 Å². The molecule has 2 atom stereocenters. The zero-order chi connectivity index (χ0) is 12.4. The van der Waals surface area contributed by atoms with Crippen LogP contribution in [-0.4, -0.2) is 54.6 Å². The lowest BCUT2D eigenvalue weighted by molar-refractivity contribution is -0.00779. The molecule has 0 aromatic rings. The van der Waals surface area contributed by atoms with Crippen molar-refractivity contribution < 1.29 is 0 Å². The first-order chi connectivity index (χ1) is 8.86. The second-order valence-corrected chi connectivity index (χ2v) is 6.42. The number of piperazine rings is 3. The first-order valence-corrected chi connectivity index (χ1v) is 7.79. The van der Waals surface area contributed by atoms with Gasteiger partial charge in [-0.05, 0) is 12.3 Å². The molecule has 3 aliphatic heterocycles. The summed E-state index contributed by atoms with van der Waals surface area (Å²) in [5, 5.41) is 0.